The van der Waals surface area contributed by atoms with E-state index in [0.29, 0.717) is 17.3 Å². The summed E-state index contributed by atoms with van der Waals surface area (Å²) in [5, 5.41) is 2.78. The van der Waals surface area contributed by atoms with Crippen LogP contribution in [-0.4, -0.2) is 12.5 Å². The van der Waals surface area contributed by atoms with E-state index >= 15 is 0 Å². The number of aryl methyl sites for hydroxylation is 1. The molecular weight excluding hydrogens is 276 g/mol. The maximum atomic E-state index is 12.0. The van der Waals surface area contributed by atoms with Crippen molar-refractivity contribution in [3.05, 3.63) is 53.6 Å². The fourth-order valence-electron chi connectivity index (χ4n) is 2.15. The number of anilines is 2. The molecule has 2 rings (SSSR count). The molecule has 0 aliphatic rings. The molecule has 3 N–H and O–H groups in total. The Kier molecular flexibility index (Phi) is 5.04. The first-order chi connectivity index (χ1) is 10.5. The molecule has 0 heterocycles. The fourth-order valence-corrected chi connectivity index (χ4v) is 2.15. The summed E-state index contributed by atoms with van der Waals surface area (Å²) in [6.07, 6.45) is 0. The second-order valence-corrected chi connectivity index (χ2v) is 5.65. The highest BCUT2D eigenvalue weighted by Crippen LogP contribution is 2.27. The average molecular weight is 298 g/mol. The number of nitrogens with two attached hydrogens (primary N) is 1. The van der Waals surface area contributed by atoms with Crippen molar-refractivity contribution < 1.29 is 9.53 Å². The summed E-state index contributed by atoms with van der Waals surface area (Å²) in [7, 11) is 0. The molecule has 22 heavy (non-hydrogen) atoms. The average Bonchev–Trinajstić information content (AvgIpc) is 2.47. The SMILES string of the molecule is Cc1ccc(C(C)C)c(OCC(=O)Nc2ccc(N)cc2)c1. The van der Waals surface area contributed by atoms with Gasteiger partial charge in [0.2, 0.25) is 0 Å². The molecule has 0 unspecified atom stereocenters. The molecule has 0 aromatic heterocycles. The molecule has 0 fully saturated rings. The topological polar surface area (TPSA) is 64.3 Å². The van der Waals surface area contributed by atoms with Crippen LogP contribution in [0.3, 0.4) is 0 Å². The normalized spacial score (nSPS) is 10.5. The standard InChI is InChI=1S/C18H22N2O2/c1-12(2)16-9-4-13(3)10-17(16)22-11-18(21)20-15-7-5-14(19)6-8-15/h4-10,12H,11,19H2,1-3H3,(H,20,21). The van der Waals surface area contributed by atoms with Crippen molar-refractivity contribution in [1.29, 1.82) is 0 Å². The third-order valence-corrected chi connectivity index (χ3v) is 3.34. The zero-order valence-electron chi connectivity index (χ0n) is 13.2. The Hall–Kier alpha value is -2.49. The molecule has 4 heteroatoms. The highest BCUT2D eigenvalue weighted by molar-refractivity contribution is 5.92. The number of ether oxygens (including phenoxy) is 1. The van der Waals surface area contributed by atoms with E-state index in [1.54, 1.807) is 24.3 Å². The van der Waals surface area contributed by atoms with Crippen molar-refractivity contribution in [3.8, 4) is 5.75 Å². The number of nitrogen functional groups attached to an aromatic ring is 1. The van der Waals surface area contributed by atoms with Crippen LogP contribution in [0.25, 0.3) is 0 Å². The zero-order valence-corrected chi connectivity index (χ0v) is 13.2. The zero-order chi connectivity index (χ0) is 16.1. The second kappa shape index (κ2) is 6.98. The largest absolute Gasteiger partial charge is 0.483 e. The summed E-state index contributed by atoms with van der Waals surface area (Å²) in [6, 6.07) is 13.1. The summed E-state index contributed by atoms with van der Waals surface area (Å²) in [4.78, 5) is 12.0. The van der Waals surface area contributed by atoms with Crippen molar-refractivity contribution in [3.63, 3.8) is 0 Å². The van der Waals surface area contributed by atoms with E-state index in [0.717, 1.165) is 16.9 Å². The van der Waals surface area contributed by atoms with E-state index in [2.05, 4.69) is 25.2 Å². The number of hydrogen-bond donors (Lipinski definition) is 2. The number of rotatable bonds is 5. The van der Waals surface area contributed by atoms with E-state index in [-0.39, 0.29) is 12.5 Å². The van der Waals surface area contributed by atoms with Gasteiger partial charge in [0.15, 0.2) is 6.61 Å². The number of amides is 1. The van der Waals surface area contributed by atoms with Crippen molar-refractivity contribution in [2.45, 2.75) is 26.7 Å². The molecular formula is C18H22N2O2. The molecule has 2 aromatic rings. The predicted octanol–water partition coefficient (Wildman–Crippen LogP) is 3.72. The van der Waals surface area contributed by atoms with E-state index in [9.17, 15) is 4.79 Å². The highest BCUT2D eigenvalue weighted by Gasteiger charge is 2.10. The van der Waals surface area contributed by atoms with Crippen molar-refractivity contribution in [2.75, 3.05) is 17.7 Å². The smallest absolute Gasteiger partial charge is 0.262 e. The van der Waals surface area contributed by atoms with Crippen LogP contribution in [0.15, 0.2) is 42.5 Å². The maximum absolute atomic E-state index is 12.0. The summed E-state index contributed by atoms with van der Waals surface area (Å²) >= 11 is 0. The van der Waals surface area contributed by atoms with E-state index in [4.69, 9.17) is 10.5 Å². The lowest BCUT2D eigenvalue weighted by Crippen LogP contribution is -2.20. The third-order valence-electron chi connectivity index (χ3n) is 3.34. The first kappa shape index (κ1) is 15.9. The maximum Gasteiger partial charge on any atom is 0.262 e. The van der Waals surface area contributed by atoms with E-state index < -0.39 is 0 Å². The Balaban J connectivity index is 1.99. The fraction of sp³-hybridized carbons (Fsp3) is 0.278. The molecule has 0 saturated carbocycles. The van der Waals surface area contributed by atoms with Gasteiger partial charge < -0.3 is 15.8 Å². The molecule has 4 nitrogen and oxygen atoms in total. The highest BCUT2D eigenvalue weighted by atomic mass is 16.5. The molecule has 0 spiro atoms. The minimum absolute atomic E-state index is 0.0203. The van der Waals surface area contributed by atoms with Crippen molar-refractivity contribution in [1.82, 2.24) is 0 Å². The van der Waals surface area contributed by atoms with Gasteiger partial charge in [0, 0.05) is 11.4 Å². The quantitative estimate of drug-likeness (QED) is 0.827. The van der Waals surface area contributed by atoms with Crippen LogP contribution >= 0.6 is 0 Å². The third kappa shape index (κ3) is 4.25. The molecule has 116 valence electrons. The molecule has 0 bridgehead atoms. The van der Waals surface area contributed by atoms with Gasteiger partial charge in [-0.3, -0.25) is 4.79 Å². The minimum Gasteiger partial charge on any atom is -0.483 e. The number of benzene rings is 2. The first-order valence-corrected chi connectivity index (χ1v) is 7.34. The number of carbonyl (C=O) groups is 1. The van der Waals surface area contributed by atoms with Crippen LogP contribution in [0.4, 0.5) is 11.4 Å². The Labute approximate surface area is 131 Å². The molecule has 2 aromatic carbocycles. The number of nitrogens with one attached hydrogen (secondary N) is 1. The summed E-state index contributed by atoms with van der Waals surface area (Å²) < 4.78 is 5.70. The minimum atomic E-state index is -0.194. The van der Waals surface area contributed by atoms with Crippen LogP contribution in [0.2, 0.25) is 0 Å². The van der Waals surface area contributed by atoms with Crippen molar-refractivity contribution >= 4 is 17.3 Å². The van der Waals surface area contributed by atoms with Gasteiger partial charge in [-0.25, -0.2) is 0 Å². The number of carbonyl (C=O) groups excluding carboxylic acids is 1. The monoisotopic (exact) mass is 298 g/mol. The molecule has 0 saturated heterocycles. The van der Waals surface area contributed by atoms with Gasteiger partial charge in [-0.05, 0) is 54.3 Å². The Morgan fingerprint density at radius 1 is 1.18 bits per heavy atom. The van der Waals surface area contributed by atoms with Crippen LogP contribution in [-0.2, 0) is 4.79 Å². The molecule has 0 aliphatic heterocycles. The van der Waals surface area contributed by atoms with Crippen LogP contribution in [0.5, 0.6) is 5.75 Å². The lowest BCUT2D eigenvalue weighted by Gasteiger charge is -2.14. The summed E-state index contributed by atoms with van der Waals surface area (Å²) in [6.45, 7) is 6.19. The van der Waals surface area contributed by atoms with Gasteiger partial charge in [0.05, 0.1) is 0 Å². The van der Waals surface area contributed by atoms with Crippen LogP contribution < -0.4 is 15.8 Å². The van der Waals surface area contributed by atoms with Gasteiger partial charge in [-0.2, -0.15) is 0 Å². The van der Waals surface area contributed by atoms with Gasteiger partial charge in [0.25, 0.3) is 5.91 Å². The molecule has 0 aliphatic carbocycles. The van der Waals surface area contributed by atoms with E-state index in [1.807, 2.05) is 19.1 Å². The summed E-state index contributed by atoms with van der Waals surface area (Å²) in [5.41, 5.74) is 9.19. The van der Waals surface area contributed by atoms with Crippen LogP contribution in [0, 0.1) is 6.92 Å². The lowest BCUT2D eigenvalue weighted by atomic mass is 10.0. The van der Waals surface area contributed by atoms with Gasteiger partial charge in [-0.15, -0.1) is 0 Å². The van der Waals surface area contributed by atoms with Gasteiger partial charge in [0.1, 0.15) is 5.75 Å². The Bertz CT molecular complexity index is 649. The molecule has 0 atom stereocenters. The number of hydrogen-bond acceptors (Lipinski definition) is 3. The van der Waals surface area contributed by atoms with Gasteiger partial charge >= 0.3 is 0 Å². The molecule has 1 amide bonds. The Morgan fingerprint density at radius 2 is 1.86 bits per heavy atom. The second-order valence-electron chi connectivity index (χ2n) is 5.65. The van der Waals surface area contributed by atoms with E-state index in [1.165, 1.54) is 0 Å². The van der Waals surface area contributed by atoms with Crippen LogP contribution in [0.1, 0.15) is 30.9 Å². The summed E-state index contributed by atoms with van der Waals surface area (Å²) in [5.74, 6) is 0.916. The van der Waals surface area contributed by atoms with Gasteiger partial charge in [-0.1, -0.05) is 26.0 Å². The first-order valence-electron chi connectivity index (χ1n) is 7.34. The van der Waals surface area contributed by atoms with Crippen molar-refractivity contribution in [2.24, 2.45) is 0 Å². The lowest BCUT2D eigenvalue weighted by molar-refractivity contribution is -0.118. The molecule has 0 radical (unpaired) electrons. The Morgan fingerprint density at radius 3 is 2.50 bits per heavy atom. The predicted molar refractivity (Wildman–Crippen MR) is 90.2 cm³/mol.